The Morgan fingerprint density at radius 2 is 1.83 bits per heavy atom. The van der Waals surface area contributed by atoms with Crippen LogP contribution in [0.25, 0.3) is 10.2 Å². The van der Waals surface area contributed by atoms with Crippen LogP contribution in [0.3, 0.4) is 0 Å². The van der Waals surface area contributed by atoms with Crippen molar-refractivity contribution in [2.45, 2.75) is 56.6 Å². The summed E-state index contributed by atoms with van der Waals surface area (Å²) >= 11 is 1.52. The highest BCUT2D eigenvalue weighted by atomic mass is 32.2. The van der Waals surface area contributed by atoms with Gasteiger partial charge in [0.05, 0.1) is 26.2 Å². The Kier molecular flexibility index (Phi) is 7.87. The molecule has 1 fully saturated rings. The van der Waals surface area contributed by atoms with Crippen LogP contribution < -0.4 is 5.73 Å². The second-order valence-corrected chi connectivity index (χ2v) is 12.9. The fourth-order valence-electron chi connectivity index (χ4n) is 4.08. The van der Waals surface area contributed by atoms with Crippen LogP contribution in [-0.4, -0.2) is 48.0 Å². The zero-order valence-corrected chi connectivity index (χ0v) is 21.5. The third kappa shape index (κ3) is 6.62. The Labute approximate surface area is 208 Å². The van der Waals surface area contributed by atoms with E-state index in [1.807, 2.05) is 13.8 Å². The van der Waals surface area contributed by atoms with Crippen LogP contribution in [0.4, 0.5) is 8.78 Å². The van der Waals surface area contributed by atoms with Crippen LogP contribution in [0.15, 0.2) is 41.3 Å². The second kappa shape index (κ2) is 10.6. The highest BCUT2D eigenvalue weighted by molar-refractivity contribution is 7.89. The van der Waals surface area contributed by atoms with Crippen molar-refractivity contribution in [3.05, 3.63) is 58.6 Å². The van der Waals surface area contributed by atoms with Crippen molar-refractivity contribution in [1.82, 2.24) is 9.29 Å². The van der Waals surface area contributed by atoms with E-state index in [-0.39, 0.29) is 30.3 Å². The van der Waals surface area contributed by atoms with E-state index in [1.165, 1.54) is 28.5 Å². The molecule has 1 aliphatic rings. The summed E-state index contributed by atoms with van der Waals surface area (Å²) in [7, 11) is -3.93. The minimum atomic E-state index is -3.93. The van der Waals surface area contributed by atoms with Gasteiger partial charge in [-0.2, -0.15) is 4.31 Å². The second-order valence-electron chi connectivity index (χ2n) is 9.81. The first kappa shape index (κ1) is 26.1. The topological polar surface area (TPSA) is 96.5 Å². The summed E-state index contributed by atoms with van der Waals surface area (Å²) < 4.78 is 56.2. The van der Waals surface area contributed by atoms with E-state index in [4.69, 9.17) is 5.73 Å². The molecule has 3 N–H and O–H groups in total. The van der Waals surface area contributed by atoms with Gasteiger partial charge in [-0.25, -0.2) is 22.2 Å². The molecule has 0 bridgehead atoms. The Bertz CT molecular complexity index is 1270. The number of nitrogens with two attached hydrogens (primary N) is 1. The van der Waals surface area contributed by atoms with Gasteiger partial charge in [0.2, 0.25) is 10.0 Å². The van der Waals surface area contributed by atoms with Crippen molar-refractivity contribution < 1.29 is 22.3 Å². The molecule has 1 aliphatic carbocycles. The van der Waals surface area contributed by atoms with Gasteiger partial charge in [0.1, 0.15) is 11.6 Å². The SMILES string of the molecule is CC(C)CN(C[C@@H](O)C(N)Cc1cc(F)cc(F)c1)S(=O)(=O)c1ccc2nc(CC3CC3)sc2c1. The molecule has 0 spiro atoms. The number of thiazole rings is 1. The maximum atomic E-state index is 13.6. The summed E-state index contributed by atoms with van der Waals surface area (Å²) in [5, 5.41) is 11.8. The monoisotopic (exact) mass is 523 g/mol. The van der Waals surface area contributed by atoms with Gasteiger partial charge < -0.3 is 10.8 Å². The van der Waals surface area contributed by atoms with Crippen molar-refractivity contribution in [2.75, 3.05) is 13.1 Å². The van der Waals surface area contributed by atoms with Crippen molar-refractivity contribution in [2.24, 2.45) is 17.6 Å². The van der Waals surface area contributed by atoms with E-state index in [2.05, 4.69) is 4.98 Å². The molecule has 1 saturated carbocycles. The van der Waals surface area contributed by atoms with E-state index in [0.29, 0.717) is 11.5 Å². The Morgan fingerprint density at radius 1 is 1.14 bits per heavy atom. The number of rotatable bonds is 11. The van der Waals surface area contributed by atoms with E-state index in [1.54, 1.807) is 18.2 Å². The van der Waals surface area contributed by atoms with Crippen molar-refractivity contribution >= 4 is 31.6 Å². The molecule has 0 amide bonds. The number of aliphatic hydroxyl groups is 1. The molecule has 6 nitrogen and oxygen atoms in total. The predicted molar refractivity (Wildman–Crippen MR) is 134 cm³/mol. The molecule has 0 saturated heterocycles. The normalized spacial score (nSPS) is 16.3. The molecule has 2 atom stereocenters. The van der Waals surface area contributed by atoms with Gasteiger partial charge in [0, 0.05) is 31.6 Å². The summed E-state index contributed by atoms with van der Waals surface area (Å²) in [4.78, 5) is 4.77. The lowest BCUT2D eigenvalue weighted by atomic mass is 10.0. The zero-order chi connectivity index (χ0) is 25.3. The molecular formula is C25H31F2N3O3S2. The summed E-state index contributed by atoms with van der Waals surface area (Å²) in [6.07, 6.45) is 2.14. The first-order valence-corrected chi connectivity index (χ1v) is 14.0. The van der Waals surface area contributed by atoms with E-state index in [9.17, 15) is 22.3 Å². The van der Waals surface area contributed by atoms with E-state index in [0.717, 1.165) is 39.8 Å². The van der Waals surface area contributed by atoms with Crippen molar-refractivity contribution in [3.63, 3.8) is 0 Å². The highest BCUT2D eigenvalue weighted by Gasteiger charge is 2.30. The Balaban J connectivity index is 1.53. The molecule has 0 aliphatic heterocycles. The van der Waals surface area contributed by atoms with Crippen LogP contribution in [0, 0.1) is 23.5 Å². The number of fused-ring (bicyclic) bond motifs is 1. The fraction of sp³-hybridized carbons (Fsp3) is 0.480. The van der Waals surface area contributed by atoms with Crippen molar-refractivity contribution in [1.29, 1.82) is 0 Å². The molecule has 2 aromatic carbocycles. The molecule has 0 radical (unpaired) electrons. The average Bonchev–Trinajstić information content (AvgIpc) is 3.47. The number of halogens is 2. The lowest BCUT2D eigenvalue weighted by Crippen LogP contribution is -2.47. The molecule has 190 valence electrons. The van der Waals surface area contributed by atoms with Gasteiger partial charge in [0.15, 0.2) is 0 Å². The molecule has 1 unspecified atom stereocenters. The van der Waals surface area contributed by atoms with Gasteiger partial charge in [0.25, 0.3) is 0 Å². The minimum absolute atomic E-state index is 0.00199. The molecule has 4 rings (SSSR count). The third-order valence-corrected chi connectivity index (χ3v) is 8.92. The standard InChI is InChI=1S/C25H31F2N3O3S2/c1-15(2)13-30(14-23(31)21(28)9-17-7-18(26)11-19(27)8-17)35(32,33)20-5-6-22-24(12-20)34-25(29-22)10-16-3-4-16/h5-8,11-12,15-16,21,23,31H,3-4,9-10,13-14,28H2,1-2H3/t21?,23-/m1/s1. The predicted octanol–water partition coefficient (Wildman–Crippen LogP) is 4.10. The molecule has 10 heteroatoms. The number of hydrogen-bond donors (Lipinski definition) is 2. The average molecular weight is 524 g/mol. The molecule has 35 heavy (non-hydrogen) atoms. The van der Waals surface area contributed by atoms with E-state index < -0.39 is 33.8 Å². The molecule has 1 aromatic heterocycles. The highest BCUT2D eigenvalue weighted by Crippen LogP contribution is 2.35. The number of hydrogen-bond acceptors (Lipinski definition) is 6. The summed E-state index contributed by atoms with van der Waals surface area (Å²) in [5.74, 6) is -0.772. The number of aliphatic hydroxyl groups excluding tert-OH is 1. The minimum Gasteiger partial charge on any atom is -0.390 e. The van der Waals surface area contributed by atoms with Gasteiger partial charge >= 0.3 is 0 Å². The smallest absolute Gasteiger partial charge is 0.243 e. The lowest BCUT2D eigenvalue weighted by Gasteiger charge is -2.28. The van der Waals surface area contributed by atoms with Crippen molar-refractivity contribution in [3.8, 4) is 0 Å². The number of sulfonamides is 1. The van der Waals surface area contributed by atoms with Gasteiger partial charge in [-0.05, 0) is 67.0 Å². The largest absolute Gasteiger partial charge is 0.390 e. The lowest BCUT2D eigenvalue weighted by molar-refractivity contribution is 0.116. The van der Waals surface area contributed by atoms with Crippen LogP contribution in [0.1, 0.15) is 37.3 Å². The summed E-state index contributed by atoms with van der Waals surface area (Å²) in [6.45, 7) is 3.74. The van der Waals surface area contributed by atoms with Crippen LogP contribution in [0.5, 0.6) is 0 Å². The quantitative estimate of drug-likeness (QED) is 0.394. The zero-order valence-electron chi connectivity index (χ0n) is 19.8. The summed E-state index contributed by atoms with van der Waals surface area (Å²) in [5.41, 5.74) is 7.19. The molecule has 3 aromatic rings. The fourth-order valence-corrected chi connectivity index (χ4v) is 6.92. The first-order chi connectivity index (χ1) is 16.5. The molecule has 1 heterocycles. The van der Waals surface area contributed by atoms with Gasteiger partial charge in [-0.15, -0.1) is 11.3 Å². The first-order valence-electron chi connectivity index (χ1n) is 11.8. The third-order valence-electron chi connectivity index (χ3n) is 6.05. The number of benzene rings is 2. The number of aromatic nitrogens is 1. The molecular weight excluding hydrogens is 492 g/mol. The van der Waals surface area contributed by atoms with Crippen LogP contribution >= 0.6 is 11.3 Å². The summed E-state index contributed by atoms with van der Waals surface area (Å²) in [6, 6.07) is 7.08. The Morgan fingerprint density at radius 3 is 2.46 bits per heavy atom. The van der Waals surface area contributed by atoms with Gasteiger partial charge in [-0.3, -0.25) is 0 Å². The maximum Gasteiger partial charge on any atom is 0.243 e. The maximum absolute atomic E-state index is 13.6. The van der Waals surface area contributed by atoms with Gasteiger partial charge in [-0.1, -0.05) is 13.8 Å². The van der Waals surface area contributed by atoms with E-state index >= 15 is 0 Å². The number of nitrogens with zero attached hydrogens (tertiary/aromatic N) is 2. The van der Waals surface area contributed by atoms with Crippen LogP contribution in [0.2, 0.25) is 0 Å². The van der Waals surface area contributed by atoms with Crippen LogP contribution in [-0.2, 0) is 22.9 Å². The Hall–Kier alpha value is -1.98.